The van der Waals surface area contributed by atoms with E-state index in [1.165, 1.54) is 11.6 Å². The summed E-state index contributed by atoms with van der Waals surface area (Å²) >= 11 is 0. The van der Waals surface area contributed by atoms with Gasteiger partial charge in [0.1, 0.15) is 10.7 Å². The van der Waals surface area contributed by atoms with E-state index in [0.717, 1.165) is 0 Å². The first kappa shape index (κ1) is 12.0. The molecule has 0 amide bonds. The van der Waals surface area contributed by atoms with Crippen LogP contribution in [0.5, 0.6) is 5.75 Å². The number of hydrogen-bond donors (Lipinski definition) is 1. The second kappa shape index (κ2) is 4.23. The lowest BCUT2D eigenvalue weighted by Gasteiger charge is -2.09. The van der Waals surface area contributed by atoms with Gasteiger partial charge in [0.25, 0.3) is 5.56 Å². The molecule has 2 aromatic heterocycles. The molecule has 0 saturated carbocycles. The molecule has 3 aromatic rings. The minimum Gasteiger partial charge on any atom is -0.506 e. The average Bonchev–Trinajstić information content (AvgIpc) is 2.99. The predicted octanol–water partition coefficient (Wildman–Crippen LogP) is 1.23. The van der Waals surface area contributed by atoms with Crippen LogP contribution in [0.4, 0.5) is 0 Å². The third kappa shape index (κ3) is 1.56. The molecule has 1 aromatic carbocycles. The maximum atomic E-state index is 12.2. The highest BCUT2D eigenvalue weighted by Crippen LogP contribution is 2.26. The van der Waals surface area contributed by atoms with Crippen LogP contribution in [0.25, 0.3) is 10.9 Å². The van der Waals surface area contributed by atoms with Crippen molar-refractivity contribution in [1.29, 1.82) is 0 Å². The molecular formula is C11H8N2O7. The number of hydrogen-bond acceptors (Lipinski definition) is 7. The number of pyridine rings is 1. The third-order valence-electron chi connectivity index (χ3n) is 2.88. The average molecular weight is 280 g/mol. The highest BCUT2D eigenvalue weighted by atomic mass is 17.5. The van der Waals surface area contributed by atoms with Crippen LogP contribution in [0.3, 0.4) is 0 Å². The second-order valence-electron chi connectivity index (χ2n) is 3.95. The molecular weight excluding hydrogens is 272 g/mol. The van der Waals surface area contributed by atoms with Crippen molar-refractivity contribution in [2.24, 2.45) is 7.05 Å². The van der Waals surface area contributed by atoms with E-state index in [9.17, 15) is 14.7 Å². The Morgan fingerprint density at radius 2 is 1.85 bits per heavy atom. The molecule has 3 rings (SSSR count). The molecule has 0 fully saturated rings. The minimum atomic E-state index is -1.06. The Morgan fingerprint density at radius 3 is 2.55 bits per heavy atom. The van der Waals surface area contributed by atoms with Gasteiger partial charge in [-0.2, -0.15) is 0 Å². The Bertz CT molecular complexity index is 866. The number of fused-ring (bicyclic) bond motifs is 1. The number of benzene rings is 1. The predicted molar refractivity (Wildman–Crippen MR) is 61.7 cm³/mol. The van der Waals surface area contributed by atoms with Crippen molar-refractivity contribution in [2.45, 2.75) is 0 Å². The molecule has 1 N–H and O–H groups in total. The maximum absolute atomic E-state index is 12.2. The van der Waals surface area contributed by atoms with Crippen LogP contribution < -0.4 is 5.56 Å². The fourth-order valence-electron chi connectivity index (χ4n) is 1.92. The summed E-state index contributed by atoms with van der Waals surface area (Å²) in [6, 6.07) is 6.58. The molecule has 0 unspecified atom stereocenters. The van der Waals surface area contributed by atoms with E-state index in [1.807, 2.05) is 0 Å². The SMILES string of the molecule is Cn1c(=O)c(C(=O)n2oooo2)c(O)c2ccccc21. The van der Waals surface area contributed by atoms with Crippen molar-refractivity contribution in [3.63, 3.8) is 0 Å². The van der Waals surface area contributed by atoms with Crippen LogP contribution in [-0.2, 0) is 7.05 Å². The Hall–Kier alpha value is -3.10. The summed E-state index contributed by atoms with van der Waals surface area (Å²) in [5.74, 6) is -1.54. The van der Waals surface area contributed by atoms with Crippen LogP contribution in [0.15, 0.2) is 47.9 Å². The molecule has 0 aliphatic heterocycles. The van der Waals surface area contributed by atoms with Crippen molar-refractivity contribution >= 4 is 16.8 Å². The Labute approximate surface area is 109 Å². The molecule has 20 heavy (non-hydrogen) atoms. The number of para-hydroxylation sites is 1. The molecule has 2 heterocycles. The molecule has 0 atom stereocenters. The van der Waals surface area contributed by atoms with Gasteiger partial charge >= 0.3 is 5.91 Å². The van der Waals surface area contributed by atoms with Crippen molar-refractivity contribution in [2.75, 3.05) is 0 Å². The standard InChI is InChI=1S/C11H8N2O7/c1-12-7-5-3-2-4-6(7)9(14)8(10(12)15)11(16)13-17-19-20-18-13/h2-5,14H,1H3. The van der Waals surface area contributed by atoms with Crippen molar-refractivity contribution in [1.82, 2.24) is 9.48 Å². The molecule has 0 aliphatic carbocycles. The normalized spacial score (nSPS) is 10.8. The Kier molecular flexibility index (Phi) is 2.53. The molecule has 0 radical (unpaired) electrons. The largest absolute Gasteiger partial charge is 0.506 e. The van der Waals surface area contributed by atoms with Gasteiger partial charge in [0.05, 0.1) is 5.52 Å². The van der Waals surface area contributed by atoms with Gasteiger partial charge < -0.3 is 9.67 Å². The van der Waals surface area contributed by atoms with Crippen molar-refractivity contribution < 1.29 is 28.7 Å². The fraction of sp³-hybridized carbons (Fsp3) is 0.0909. The summed E-state index contributed by atoms with van der Waals surface area (Å²) in [4.78, 5) is 24.4. The highest BCUT2D eigenvalue weighted by Gasteiger charge is 2.25. The lowest BCUT2D eigenvalue weighted by atomic mass is 10.1. The molecule has 0 bridgehead atoms. The van der Waals surface area contributed by atoms with Crippen LogP contribution in [0.1, 0.15) is 10.4 Å². The van der Waals surface area contributed by atoms with Gasteiger partial charge in [0.15, 0.2) is 5.56 Å². The van der Waals surface area contributed by atoms with E-state index in [2.05, 4.69) is 18.8 Å². The van der Waals surface area contributed by atoms with Crippen LogP contribution in [0.2, 0.25) is 0 Å². The topological polar surface area (TPSA) is 117 Å². The number of rotatable bonds is 1. The zero-order chi connectivity index (χ0) is 14.3. The first-order valence-corrected chi connectivity index (χ1v) is 5.44. The smallest absolute Gasteiger partial charge is 0.345 e. The van der Waals surface area contributed by atoms with Gasteiger partial charge in [-0.3, -0.25) is 9.59 Å². The van der Waals surface area contributed by atoms with Gasteiger partial charge in [-0.15, -0.1) is 9.36 Å². The monoisotopic (exact) mass is 280 g/mol. The van der Waals surface area contributed by atoms with Gasteiger partial charge in [-0.1, -0.05) is 12.1 Å². The zero-order valence-electron chi connectivity index (χ0n) is 10.1. The van der Waals surface area contributed by atoms with Crippen molar-refractivity contribution in [3.05, 3.63) is 40.2 Å². The number of aryl methyl sites for hydroxylation is 1. The number of carbonyl (C=O) groups is 1. The molecule has 9 heteroatoms. The Morgan fingerprint density at radius 1 is 1.20 bits per heavy atom. The maximum Gasteiger partial charge on any atom is 0.345 e. The van der Waals surface area contributed by atoms with Crippen LogP contribution >= 0.6 is 0 Å². The van der Waals surface area contributed by atoms with Crippen LogP contribution in [-0.4, -0.2) is 20.5 Å². The molecule has 9 nitrogen and oxygen atoms in total. The highest BCUT2D eigenvalue weighted by molar-refractivity contribution is 6.02. The van der Waals surface area contributed by atoms with E-state index in [4.69, 9.17) is 0 Å². The van der Waals surface area contributed by atoms with E-state index in [0.29, 0.717) is 10.9 Å². The minimum absolute atomic E-state index is 0.186. The van der Waals surface area contributed by atoms with Gasteiger partial charge in [-0.05, 0) is 21.6 Å². The third-order valence-corrected chi connectivity index (χ3v) is 2.88. The quantitative estimate of drug-likeness (QED) is 0.666. The molecule has 0 saturated heterocycles. The lowest BCUT2D eigenvalue weighted by molar-refractivity contribution is -0.241. The lowest BCUT2D eigenvalue weighted by Crippen LogP contribution is -2.27. The van der Waals surface area contributed by atoms with E-state index in [-0.39, 0.29) is 4.91 Å². The summed E-state index contributed by atoms with van der Waals surface area (Å²) in [6.45, 7) is 0. The first-order chi connectivity index (χ1) is 9.61. The van der Waals surface area contributed by atoms with Gasteiger partial charge in [0, 0.05) is 12.4 Å². The number of carbonyl (C=O) groups excluding carboxylic acids is 1. The zero-order valence-corrected chi connectivity index (χ0v) is 10.1. The van der Waals surface area contributed by atoms with Gasteiger partial charge in [-0.25, -0.2) is 0 Å². The number of aromatic nitrogens is 2. The molecule has 0 aliphatic rings. The van der Waals surface area contributed by atoms with E-state index in [1.54, 1.807) is 24.3 Å². The second-order valence-corrected chi connectivity index (χ2v) is 3.95. The molecule has 104 valence electrons. The number of nitrogens with zero attached hydrogens (tertiary/aromatic N) is 2. The van der Waals surface area contributed by atoms with E-state index >= 15 is 0 Å². The number of aromatic hydroxyl groups is 1. The Balaban J connectivity index is 2.37. The summed E-state index contributed by atoms with van der Waals surface area (Å²) in [7, 11) is 1.47. The fourth-order valence-corrected chi connectivity index (χ4v) is 1.92. The summed E-state index contributed by atoms with van der Waals surface area (Å²) in [5.41, 5.74) is -0.770. The summed E-state index contributed by atoms with van der Waals surface area (Å²) in [6.07, 6.45) is 0. The van der Waals surface area contributed by atoms with Gasteiger partial charge in [0.2, 0.25) is 0 Å². The molecule has 0 spiro atoms. The van der Waals surface area contributed by atoms with E-state index < -0.39 is 22.8 Å². The first-order valence-electron chi connectivity index (χ1n) is 5.44. The summed E-state index contributed by atoms with van der Waals surface area (Å²) < 4.78 is 17.4. The van der Waals surface area contributed by atoms with Crippen molar-refractivity contribution in [3.8, 4) is 5.75 Å². The van der Waals surface area contributed by atoms with Crippen LogP contribution in [0, 0.1) is 0 Å². The summed E-state index contributed by atoms with van der Waals surface area (Å²) in [5, 5.41) is 10.5.